The number of fused-ring (bicyclic) bond motifs is 1. The maximum atomic E-state index is 4.41. The molecular weight excluding hydrogens is 320 g/mol. The fraction of sp³-hybridized carbons (Fsp3) is 0.500. The number of rotatable bonds is 6. The highest BCUT2D eigenvalue weighted by Crippen LogP contribution is 2.15. The van der Waals surface area contributed by atoms with Gasteiger partial charge in [-0.05, 0) is 48.2 Å². The first-order valence-electron chi connectivity index (χ1n) is 9.95. The van der Waals surface area contributed by atoms with Crippen LogP contribution in [0.25, 0.3) is 10.8 Å². The molecule has 4 heteroatoms. The van der Waals surface area contributed by atoms with Crippen molar-refractivity contribution in [3.8, 4) is 0 Å². The Labute approximate surface area is 157 Å². The molecule has 0 bridgehead atoms. The maximum Gasteiger partial charge on any atom is 0.191 e. The zero-order valence-corrected chi connectivity index (χ0v) is 16.2. The van der Waals surface area contributed by atoms with Gasteiger partial charge >= 0.3 is 0 Å². The molecule has 0 radical (unpaired) electrons. The van der Waals surface area contributed by atoms with E-state index in [9.17, 15) is 0 Å². The molecule has 1 heterocycles. The summed E-state index contributed by atoms with van der Waals surface area (Å²) in [6.07, 6.45) is 4.98. The average Bonchev–Trinajstić information content (AvgIpc) is 2.70. The minimum absolute atomic E-state index is 0.524. The lowest BCUT2D eigenvalue weighted by atomic mass is 10.0. The number of hydrogen-bond acceptors (Lipinski definition) is 2. The Bertz CT molecular complexity index is 717. The predicted molar refractivity (Wildman–Crippen MR) is 112 cm³/mol. The Morgan fingerprint density at radius 2 is 1.88 bits per heavy atom. The Hall–Kier alpha value is -2.07. The smallest absolute Gasteiger partial charge is 0.191 e. The van der Waals surface area contributed by atoms with Crippen molar-refractivity contribution < 1.29 is 0 Å². The van der Waals surface area contributed by atoms with Crippen molar-refractivity contribution in [2.75, 3.05) is 26.7 Å². The molecule has 0 unspecified atom stereocenters. The van der Waals surface area contributed by atoms with Crippen LogP contribution in [0.15, 0.2) is 47.5 Å². The number of likely N-dealkylation sites (tertiary alicyclic amines) is 1. The van der Waals surface area contributed by atoms with Gasteiger partial charge in [0.1, 0.15) is 0 Å². The van der Waals surface area contributed by atoms with Crippen LogP contribution in [0.1, 0.15) is 38.2 Å². The van der Waals surface area contributed by atoms with E-state index in [0.29, 0.717) is 6.04 Å². The largest absolute Gasteiger partial charge is 0.354 e. The Morgan fingerprint density at radius 1 is 1.12 bits per heavy atom. The van der Waals surface area contributed by atoms with E-state index in [4.69, 9.17) is 0 Å². The molecule has 0 amide bonds. The van der Waals surface area contributed by atoms with Crippen LogP contribution in [0.5, 0.6) is 0 Å². The molecule has 26 heavy (non-hydrogen) atoms. The van der Waals surface area contributed by atoms with Crippen LogP contribution in [-0.4, -0.2) is 43.6 Å². The number of unbranched alkanes of at least 4 members (excludes halogenated alkanes) is 1. The van der Waals surface area contributed by atoms with Crippen molar-refractivity contribution in [1.29, 1.82) is 0 Å². The second-order valence-corrected chi connectivity index (χ2v) is 7.22. The SMILES string of the molecule is CCCCN1CCC(NC(=NC)NCc2ccc3ccccc3c2)CC1. The van der Waals surface area contributed by atoms with Gasteiger partial charge in [0, 0.05) is 32.7 Å². The molecule has 0 saturated carbocycles. The van der Waals surface area contributed by atoms with Gasteiger partial charge in [0.2, 0.25) is 0 Å². The third-order valence-corrected chi connectivity index (χ3v) is 5.25. The molecule has 2 aromatic rings. The zero-order valence-electron chi connectivity index (χ0n) is 16.2. The number of guanidine groups is 1. The number of hydrogen-bond donors (Lipinski definition) is 2. The average molecular weight is 353 g/mol. The van der Waals surface area contributed by atoms with Gasteiger partial charge in [-0.3, -0.25) is 4.99 Å². The van der Waals surface area contributed by atoms with Crippen molar-refractivity contribution in [3.05, 3.63) is 48.0 Å². The summed E-state index contributed by atoms with van der Waals surface area (Å²) in [5, 5.41) is 9.64. The molecule has 4 nitrogen and oxygen atoms in total. The Kier molecular flexibility index (Phi) is 6.89. The summed E-state index contributed by atoms with van der Waals surface area (Å²) < 4.78 is 0. The monoisotopic (exact) mass is 352 g/mol. The van der Waals surface area contributed by atoms with E-state index in [1.54, 1.807) is 0 Å². The van der Waals surface area contributed by atoms with Crippen molar-refractivity contribution in [2.24, 2.45) is 4.99 Å². The second-order valence-electron chi connectivity index (χ2n) is 7.22. The van der Waals surface area contributed by atoms with E-state index in [2.05, 4.69) is 69.9 Å². The van der Waals surface area contributed by atoms with Crippen LogP contribution in [0, 0.1) is 0 Å². The first kappa shape index (κ1) is 18.7. The minimum atomic E-state index is 0.524. The predicted octanol–water partition coefficient (Wildman–Crippen LogP) is 3.77. The molecule has 1 aliphatic rings. The first-order chi connectivity index (χ1) is 12.8. The fourth-order valence-electron chi connectivity index (χ4n) is 3.61. The molecule has 140 valence electrons. The molecule has 0 spiro atoms. The minimum Gasteiger partial charge on any atom is -0.354 e. The molecule has 0 atom stereocenters. The second kappa shape index (κ2) is 9.58. The molecule has 3 rings (SSSR count). The van der Waals surface area contributed by atoms with Gasteiger partial charge in [-0.2, -0.15) is 0 Å². The van der Waals surface area contributed by atoms with Crippen LogP contribution in [0.2, 0.25) is 0 Å². The van der Waals surface area contributed by atoms with Crippen LogP contribution < -0.4 is 10.6 Å². The van der Waals surface area contributed by atoms with Crippen LogP contribution in [0.4, 0.5) is 0 Å². The highest BCUT2D eigenvalue weighted by atomic mass is 15.2. The summed E-state index contributed by atoms with van der Waals surface area (Å²) >= 11 is 0. The maximum absolute atomic E-state index is 4.41. The molecule has 1 saturated heterocycles. The van der Waals surface area contributed by atoms with Crippen LogP contribution in [-0.2, 0) is 6.54 Å². The summed E-state index contributed by atoms with van der Waals surface area (Å²) in [5.74, 6) is 0.908. The van der Waals surface area contributed by atoms with E-state index in [0.717, 1.165) is 12.5 Å². The highest BCUT2D eigenvalue weighted by molar-refractivity contribution is 5.83. The number of aliphatic imine (C=N–C) groups is 1. The quantitative estimate of drug-likeness (QED) is 0.614. The number of benzene rings is 2. The lowest BCUT2D eigenvalue weighted by Gasteiger charge is -2.33. The van der Waals surface area contributed by atoms with E-state index in [-0.39, 0.29) is 0 Å². The lowest BCUT2D eigenvalue weighted by Crippen LogP contribution is -2.48. The zero-order chi connectivity index (χ0) is 18.2. The van der Waals surface area contributed by atoms with Crippen molar-refractivity contribution in [3.63, 3.8) is 0 Å². The van der Waals surface area contributed by atoms with Gasteiger partial charge in [0.25, 0.3) is 0 Å². The Morgan fingerprint density at radius 3 is 2.62 bits per heavy atom. The van der Waals surface area contributed by atoms with Gasteiger partial charge in [0.05, 0.1) is 0 Å². The number of piperidine rings is 1. The van der Waals surface area contributed by atoms with E-state index < -0.39 is 0 Å². The van der Waals surface area contributed by atoms with Gasteiger partial charge < -0.3 is 15.5 Å². The van der Waals surface area contributed by atoms with E-state index in [1.165, 1.54) is 61.7 Å². The van der Waals surface area contributed by atoms with Crippen molar-refractivity contribution in [2.45, 2.75) is 45.2 Å². The molecule has 1 fully saturated rings. The molecule has 2 aromatic carbocycles. The molecule has 0 aromatic heterocycles. The molecule has 1 aliphatic heterocycles. The summed E-state index contributed by atoms with van der Waals surface area (Å²) in [6.45, 7) is 6.69. The standard InChI is InChI=1S/C22H32N4/c1-3-4-13-26-14-11-21(12-15-26)25-22(23-2)24-17-18-9-10-19-7-5-6-8-20(19)16-18/h5-10,16,21H,3-4,11-15,17H2,1-2H3,(H2,23,24,25). The fourth-order valence-corrected chi connectivity index (χ4v) is 3.61. The highest BCUT2D eigenvalue weighted by Gasteiger charge is 2.19. The number of nitrogens with zero attached hydrogens (tertiary/aromatic N) is 2. The van der Waals surface area contributed by atoms with E-state index >= 15 is 0 Å². The van der Waals surface area contributed by atoms with Gasteiger partial charge in [-0.1, -0.05) is 49.7 Å². The summed E-state index contributed by atoms with van der Waals surface area (Å²) in [4.78, 5) is 7.00. The normalized spacial score (nSPS) is 16.8. The summed E-state index contributed by atoms with van der Waals surface area (Å²) in [6, 6.07) is 15.6. The first-order valence-corrected chi connectivity index (χ1v) is 9.95. The van der Waals surface area contributed by atoms with Gasteiger partial charge in [0.15, 0.2) is 5.96 Å². The van der Waals surface area contributed by atoms with Crippen molar-refractivity contribution in [1.82, 2.24) is 15.5 Å². The van der Waals surface area contributed by atoms with Crippen LogP contribution in [0.3, 0.4) is 0 Å². The van der Waals surface area contributed by atoms with Crippen LogP contribution >= 0.6 is 0 Å². The third-order valence-electron chi connectivity index (χ3n) is 5.25. The lowest BCUT2D eigenvalue weighted by molar-refractivity contribution is 0.203. The van der Waals surface area contributed by atoms with Gasteiger partial charge in [-0.25, -0.2) is 0 Å². The molecular formula is C22H32N4. The molecule has 2 N–H and O–H groups in total. The summed E-state index contributed by atoms with van der Waals surface area (Å²) in [5.41, 5.74) is 1.28. The topological polar surface area (TPSA) is 39.7 Å². The molecule has 0 aliphatic carbocycles. The Balaban J connectivity index is 1.47. The van der Waals surface area contributed by atoms with Gasteiger partial charge in [-0.15, -0.1) is 0 Å². The third kappa shape index (κ3) is 5.21. The summed E-state index contributed by atoms with van der Waals surface area (Å²) in [7, 11) is 1.85. The van der Waals surface area contributed by atoms with E-state index in [1.807, 2.05) is 7.05 Å². The number of nitrogens with one attached hydrogen (secondary N) is 2. The van der Waals surface area contributed by atoms with Crippen molar-refractivity contribution >= 4 is 16.7 Å².